The summed E-state index contributed by atoms with van der Waals surface area (Å²) in [6.45, 7) is 5.31. The third kappa shape index (κ3) is 5.76. The van der Waals surface area contributed by atoms with Crippen molar-refractivity contribution < 1.29 is 23.8 Å². The number of rotatable bonds is 9. The van der Waals surface area contributed by atoms with Crippen molar-refractivity contribution in [3.05, 3.63) is 53.6 Å². The second kappa shape index (κ2) is 10.3. The van der Waals surface area contributed by atoms with Gasteiger partial charge in [0.25, 0.3) is 0 Å². The van der Waals surface area contributed by atoms with Crippen molar-refractivity contribution in [2.24, 2.45) is 5.92 Å². The first-order chi connectivity index (χ1) is 14.9. The average molecular weight is 427 g/mol. The van der Waals surface area contributed by atoms with Crippen molar-refractivity contribution >= 4 is 17.5 Å². The van der Waals surface area contributed by atoms with Crippen LogP contribution in [-0.2, 0) is 27.5 Å². The minimum atomic E-state index is -0.405. The number of carbonyl (C=O) groups excluding carboxylic acids is 2. The number of amides is 2. The highest BCUT2D eigenvalue weighted by Crippen LogP contribution is 2.35. The summed E-state index contributed by atoms with van der Waals surface area (Å²) in [6, 6.07) is 13.2. The fraction of sp³-hybridized carbons (Fsp3) is 0.417. The molecule has 2 aromatic rings. The van der Waals surface area contributed by atoms with Gasteiger partial charge in [-0.2, -0.15) is 0 Å². The molecule has 1 unspecified atom stereocenters. The van der Waals surface area contributed by atoms with Gasteiger partial charge < -0.3 is 24.4 Å². The molecule has 0 spiro atoms. The molecule has 0 radical (unpaired) electrons. The van der Waals surface area contributed by atoms with E-state index >= 15 is 0 Å². The van der Waals surface area contributed by atoms with Crippen LogP contribution in [-0.4, -0.2) is 38.7 Å². The first-order valence-corrected chi connectivity index (χ1v) is 10.4. The van der Waals surface area contributed by atoms with E-state index in [0.29, 0.717) is 36.9 Å². The minimum Gasteiger partial charge on any atom is -0.497 e. The maximum absolute atomic E-state index is 12.7. The van der Waals surface area contributed by atoms with Crippen LogP contribution in [0.5, 0.6) is 11.5 Å². The lowest BCUT2D eigenvalue weighted by Crippen LogP contribution is -2.32. The van der Waals surface area contributed by atoms with Crippen LogP contribution < -0.4 is 19.7 Å². The number of hydrogen-bond acceptors (Lipinski definition) is 5. The van der Waals surface area contributed by atoms with Crippen LogP contribution in [0, 0.1) is 5.92 Å². The van der Waals surface area contributed by atoms with Crippen molar-refractivity contribution in [1.29, 1.82) is 0 Å². The lowest BCUT2D eigenvalue weighted by Gasteiger charge is -2.20. The Morgan fingerprint density at radius 1 is 1.10 bits per heavy atom. The molecular formula is C24H30N2O5. The van der Waals surface area contributed by atoms with Crippen molar-refractivity contribution in [2.45, 2.75) is 39.5 Å². The highest BCUT2D eigenvalue weighted by molar-refractivity contribution is 6.01. The van der Waals surface area contributed by atoms with Gasteiger partial charge in [0.05, 0.1) is 38.5 Å². The highest BCUT2D eigenvalue weighted by atomic mass is 16.5. The number of nitrogens with zero attached hydrogens (tertiary/aromatic N) is 1. The molecule has 0 aliphatic carbocycles. The van der Waals surface area contributed by atoms with Crippen molar-refractivity contribution in [1.82, 2.24) is 5.32 Å². The Bertz CT molecular complexity index is 911. The molecule has 0 saturated carbocycles. The van der Waals surface area contributed by atoms with Crippen LogP contribution in [0.2, 0.25) is 0 Å². The monoisotopic (exact) mass is 426 g/mol. The van der Waals surface area contributed by atoms with Crippen LogP contribution in [0.15, 0.2) is 42.5 Å². The first-order valence-electron chi connectivity index (χ1n) is 10.4. The van der Waals surface area contributed by atoms with Crippen LogP contribution in [0.1, 0.15) is 31.4 Å². The molecule has 1 aliphatic rings. The van der Waals surface area contributed by atoms with E-state index in [1.165, 1.54) is 0 Å². The topological polar surface area (TPSA) is 77.1 Å². The number of hydrogen-bond donors (Lipinski definition) is 1. The molecule has 2 aromatic carbocycles. The van der Waals surface area contributed by atoms with Gasteiger partial charge in [0, 0.05) is 25.6 Å². The highest BCUT2D eigenvalue weighted by Gasteiger charge is 2.36. The molecular weight excluding hydrogens is 396 g/mol. The number of carbonyl (C=O) groups is 2. The molecule has 3 rings (SSSR count). The Morgan fingerprint density at radius 2 is 1.81 bits per heavy atom. The second-order valence-corrected chi connectivity index (χ2v) is 7.84. The smallest absolute Gasteiger partial charge is 0.227 e. The molecule has 0 aromatic heterocycles. The molecule has 1 heterocycles. The molecule has 7 nitrogen and oxygen atoms in total. The summed E-state index contributed by atoms with van der Waals surface area (Å²) in [5.41, 5.74) is 2.73. The summed E-state index contributed by atoms with van der Waals surface area (Å²) in [6.07, 6.45) is 0.359. The van der Waals surface area contributed by atoms with Gasteiger partial charge in [0.15, 0.2) is 0 Å². The molecule has 166 valence electrons. The standard InChI is InChI=1S/C24H30N2O5/c1-16(2)31-15-18-7-5-17(6-8-18)13-25-24(28)19-11-23(27)26(14-19)21-10-9-20(29-3)12-22(21)30-4/h5-10,12,16,19H,11,13-15H2,1-4H3,(H,25,28). The maximum Gasteiger partial charge on any atom is 0.227 e. The molecule has 1 saturated heterocycles. The molecule has 2 amide bonds. The number of ether oxygens (including phenoxy) is 3. The summed E-state index contributed by atoms with van der Waals surface area (Å²) < 4.78 is 16.2. The zero-order valence-electron chi connectivity index (χ0n) is 18.5. The van der Waals surface area contributed by atoms with Gasteiger partial charge in [0.2, 0.25) is 11.8 Å². The van der Waals surface area contributed by atoms with Gasteiger partial charge in [-0.1, -0.05) is 24.3 Å². The van der Waals surface area contributed by atoms with E-state index in [0.717, 1.165) is 11.1 Å². The molecule has 31 heavy (non-hydrogen) atoms. The molecule has 7 heteroatoms. The van der Waals surface area contributed by atoms with Crippen molar-refractivity contribution in [2.75, 3.05) is 25.7 Å². The average Bonchev–Trinajstić information content (AvgIpc) is 3.17. The number of methoxy groups -OCH3 is 2. The zero-order chi connectivity index (χ0) is 22.4. The lowest BCUT2D eigenvalue weighted by atomic mass is 10.1. The third-order valence-corrected chi connectivity index (χ3v) is 5.25. The summed E-state index contributed by atoms with van der Waals surface area (Å²) >= 11 is 0. The van der Waals surface area contributed by atoms with Crippen LogP contribution in [0.25, 0.3) is 0 Å². The Balaban J connectivity index is 1.57. The maximum atomic E-state index is 12.7. The fourth-order valence-electron chi connectivity index (χ4n) is 3.47. The van der Waals surface area contributed by atoms with Crippen molar-refractivity contribution in [3.63, 3.8) is 0 Å². The molecule has 1 fully saturated rings. The molecule has 0 bridgehead atoms. The predicted molar refractivity (Wildman–Crippen MR) is 118 cm³/mol. The van der Waals surface area contributed by atoms with E-state index in [2.05, 4.69) is 5.32 Å². The van der Waals surface area contributed by atoms with E-state index in [1.807, 2.05) is 38.1 Å². The van der Waals surface area contributed by atoms with E-state index in [9.17, 15) is 9.59 Å². The number of anilines is 1. The van der Waals surface area contributed by atoms with E-state index in [4.69, 9.17) is 14.2 Å². The van der Waals surface area contributed by atoms with Gasteiger partial charge in [-0.15, -0.1) is 0 Å². The zero-order valence-corrected chi connectivity index (χ0v) is 18.5. The molecule has 1 atom stereocenters. The van der Waals surface area contributed by atoms with Crippen LogP contribution in [0.4, 0.5) is 5.69 Å². The lowest BCUT2D eigenvalue weighted by molar-refractivity contribution is -0.126. The minimum absolute atomic E-state index is 0.0990. The Hall–Kier alpha value is -3.06. The fourth-order valence-corrected chi connectivity index (χ4v) is 3.47. The van der Waals surface area contributed by atoms with Gasteiger partial charge in [-0.3, -0.25) is 9.59 Å². The Morgan fingerprint density at radius 3 is 2.45 bits per heavy atom. The Kier molecular flexibility index (Phi) is 7.52. The van der Waals surface area contributed by atoms with E-state index in [-0.39, 0.29) is 24.3 Å². The van der Waals surface area contributed by atoms with E-state index in [1.54, 1.807) is 37.3 Å². The summed E-state index contributed by atoms with van der Waals surface area (Å²) in [7, 11) is 3.12. The van der Waals surface area contributed by atoms with Gasteiger partial charge in [0.1, 0.15) is 11.5 Å². The largest absolute Gasteiger partial charge is 0.497 e. The summed E-state index contributed by atoms with van der Waals surface area (Å²) in [5, 5.41) is 2.95. The van der Waals surface area contributed by atoms with Gasteiger partial charge in [-0.25, -0.2) is 0 Å². The summed E-state index contributed by atoms with van der Waals surface area (Å²) in [4.78, 5) is 26.9. The SMILES string of the molecule is COc1ccc(N2CC(C(=O)NCc3ccc(COC(C)C)cc3)CC2=O)c(OC)c1. The van der Waals surface area contributed by atoms with E-state index < -0.39 is 5.92 Å². The molecule has 1 aliphatic heterocycles. The number of benzene rings is 2. The normalized spacial score (nSPS) is 16.0. The Labute approximate surface area is 183 Å². The second-order valence-electron chi connectivity index (χ2n) is 7.84. The molecule has 1 N–H and O–H groups in total. The van der Waals surface area contributed by atoms with Gasteiger partial charge in [-0.05, 0) is 37.1 Å². The first kappa shape index (κ1) is 22.6. The van der Waals surface area contributed by atoms with Crippen LogP contribution in [0.3, 0.4) is 0 Å². The van der Waals surface area contributed by atoms with Gasteiger partial charge >= 0.3 is 0 Å². The predicted octanol–water partition coefficient (Wildman–Crippen LogP) is 3.30. The van der Waals surface area contributed by atoms with Crippen LogP contribution >= 0.6 is 0 Å². The van der Waals surface area contributed by atoms with Crippen molar-refractivity contribution in [3.8, 4) is 11.5 Å². The number of nitrogens with one attached hydrogen (secondary N) is 1. The third-order valence-electron chi connectivity index (χ3n) is 5.25. The quantitative estimate of drug-likeness (QED) is 0.666. The summed E-state index contributed by atoms with van der Waals surface area (Å²) in [5.74, 6) is 0.547.